The van der Waals surface area contributed by atoms with Gasteiger partial charge in [0.2, 0.25) is 23.6 Å². The van der Waals surface area contributed by atoms with Crippen LogP contribution in [0.15, 0.2) is 0 Å². The molecule has 0 rings (SSSR count). The third-order valence-corrected chi connectivity index (χ3v) is 7.18. The number of carbonyl (C=O) groups is 5. The Bertz CT molecular complexity index is 781. The van der Waals surface area contributed by atoms with Gasteiger partial charge in [-0.2, -0.15) is 0 Å². The van der Waals surface area contributed by atoms with E-state index < -0.39 is 54.2 Å². The number of hydrogen-bond donors (Lipinski definition) is 6. The van der Waals surface area contributed by atoms with Gasteiger partial charge in [0.05, 0.1) is 12.6 Å². The zero-order chi connectivity index (χ0) is 31.0. The lowest BCUT2D eigenvalue weighted by Gasteiger charge is -2.32. The summed E-state index contributed by atoms with van der Waals surface area (Å²) in [4.78, 5) is 64.9. The number of amides is 5. The molecule has 12 heteroatoms. The van der Waals surface area contributed by atoms with Crippen LogP contribution in [0.5, 0.6) is 0 Å². The van der Waals surface area contributed by atoms with Crippen molar-refractivity contribution in [2.45, 2.75) is 128 Å². The molecule has 0 radical (unpaired) electrons. The Hall–Kier alpha value is -2.57. The Morgan fingerprint density at radius 2 is 1.37 bits per heavy atom. The number of imide groups is 1. The maximum absolute atomic E-state index is 13.7. The normalized spacial score (nSPS) is 13.2. The van der Waals surface area contributed by atoms with Crippen molar-refractivity contribution in [1.29, 1.82) is 0 Å². The van der Waals surface area contributed by atoms with E-state index in [1.807, 2.05) is 0 Å². The molecule has 12 nitrogen and oxygen atoms in total. The largest absolute Gasteiger partial charge is 0.370 e. The van der Waals surface area contributed by atoms with Gasteiger partial charge < -0.3 is 33.2 Å². The molecule has 238 valence electrons. The van der Waals surface area contributed by atoms with E-state index in [0.29, 0.717) is 25.9 Å². The zero-order valence-corrected chi connectivity index (χ0v) is 25.7. The molecule has 0 aliphatic carbocycles. The molecule has 0 aromatic heterocycles. The summed E-state index contributed by atoms with van der Waals surface area (Å²) in [6, 6.07) is -3.00. The topological polar surface area (TPSA) is 203 Å². The van der Waals surface area contributed by atoms with Crippen molar-refractivity contribution in [3.05, 3.63) is 0 Å². The summed E-state index contributed by atoms with van der Waals surface area (Å²) in [5, 5.41) is 8.24. The minimum atomic E-state index is -1.24. The monoisotopic (exact) mass is 583 g/mol. The third-order valence-electron chi connectivity index (χ3n) is 7.18. The Balaban J connectivity index is 5.44. The first-order chi connectivity index (χ1) is 19.6. The van der Waals surface area contributed by atoms with Gasteiger partial charge in [0.15, 0.2) is 0 Å². The molecular weight excluding hydrogens is 526 g/mol. The third kappa shape index (κ3) is 17.1. The second-order valence-corrected chi connectivity index (χ2v) is 10.7. The molecule has 9 N–H and O–H groups in total. The fourth-order valence-electron chi connectivity index (χ4n) is 4.49. The Morgan fingerprint density at radius 1 is 0.780 bits per heavy atom. The minimum absolute atomic E-state index is 0.125. The van der Waals surface area contributed by atoms with Gasteiger partial charge in [-0.15, -0.1) is 0 Å². The first-order valence-corrected chi connectivity index (χ1v) is 15.4. The van der Waals surface area contributed by atoms with Crippen molar-refractivity contribution >= 4 is 29.5 Å². The molecule has 3 atom stereocenters. The highest BCUT2D eigenvalue weighted by Gasteiger charge is 2.38. The lowest BCUT2D eigenvalue weighted by Crippen LogP contribution is -2.60. The van der Waals surface area contributed by atoms with Crippen molar-refractivity contribution < 1.29 is 24.0 Å². The minimum Gasteiger partial charge on any atom is -0.370 e. The Morgan fingerprint density at radius 3 is 1.88 bits per heavy atom. The highest BCUT2D eigenvalue weighted by molar-refractivity contribution is 6.04. The molecule has 0 heterocycles. The van der Waals surface area contributed by atoms with Crippen LogP contribution in [0, 0.1) is 0 Å². The van der Waals surface area contributed by atoms with Gasteiger partial charge in [0.1, 0.15) is 12.1 Å². The SMILES string of the molecule is CCCCCCCCCCCCNC(=O)[C@H](CCCCN)N(C(=O)CN)C(=O)[C@@H](CCC(N)=O)NC(=O)[C@H](C)NC. The van der Waals surface area contributed by atoms with E-state index in [1.54, 1.807) is 14.0 Å². The van der Waals surface area contributed by atoms with Crippen LogP contribution in [0.1, 0.15) is 110 Å². The summed E-state index contributed by atoms with van der Waals surface area (Å²) in [5.74, 6) is -3.17. The molecule has 0 aliphatic rings. The van der Waals surface area contributed by atoms with Crippen molar-refractivity contribution in [2.24, 2.45) is 17.2 Å². The predicted molar refractivity (Wildman–Crippen MR) is 161 cm³/mol. The first-order valence-electron chi connectivity index (χ1n) is 15.4. The van der Waals surface area contributed by atoms with E-state index in [9.17, 15) is 24.0 Å². The molecule has 0 aliphatic heterocycles. The van der Waals surface area contributed by atoms with E-state index >= 15 is 0 Å². The van der Waals surface area contributed by atoms with Gasteiger partial charge >= 0.3 is 0 Å². The standard InChI is InChI=1S/C29H57N7O5/c1-4-5-6-7-8-9-10-11-12-15-20-34-28(40)24(16-13-14-19-30)36(26(38)21-31)29(41)23(17-18-25(32)37)35-27(39)22(2)33-3/h22-24,33H,4-21,30-31H2,1-3H3,(H2,32,37)(H,34,40)(H,35,39)/t22-,23+,24-/m0/s1. The number of nitrogens with zero attached hydrogens (tertiary/aromatic N) is 1. The fraction of sp³-hybridized carbons (Fsp3) is 0.828. The highest BCUT2D eigenvalue weighted by atomic mass is 16.2. The average Bonchev–Trinajstić information content (AvgIpc) is 2.96. The van der Waals surface area contributed by atoms with Gasteiger partial charge in [0.25, 0.3) is 5.91 Å². The van der Waals surface area contributed by atoms with E-state index in [-0.39, 0.29) is 19.3 Å². The molecular formula is C29H57N7O5. The Labute approximate surface area is 246 Å². The van der Waals surface area contributed by atoms with E-state index in [4.69, 9.17) is 17.2 Å². The van der Waals surface area contributed by atoms with Crippen LogP contribution in [0.2, 0.25) is 0 Å². The van der Waals surface area contributed by atoms with Crippen molar-refractivity contribution in [3.8, 4) is 0 Å². The fourth-order valence-corrected chi connectivity index (χ4v) is 4.49. The molecule has 0 aromatic carbocycles. The number of rotatable bonds is 25. The second-order valence-electron chi connectivity index (χ2n) is 10.7. The number of hydrogen-bond acceptors (Lipinski definition) is 8. The van der Waals surface area contributed by atoms with Crippen molar-refractivity contribution in [3.63, 3.8) is 0 Å². The number of carbonyl (C=O) groups excluding carboxylic acids is 5. The van der Waals surface area contributed by atoms with Crippen molar-refractivity contribution in [1.82, 2.24) is 20.9 Å². The molecule has 0 aromatic rings. The summed E-state index contributed by atoms with van der Waals surface area (Å²) in [7, 11) is 1.58. The molecule has 0 saturated heterocycles. The lowest BCUT2D eigenvalue weighted by atomic mass is 10.0. The number of nitrogens with one attached hydrogen (secondary N) is 3. The van der Waals surface area contributed by atoms with Crippen LogP contribution in [-0.2, 0) is 24.0 Å². The maximum Gasteiger partial charge on any atom is 0.252 e. The predicted octanol–water partition coefficient (Wildman–Crippen LogP) is 1.19. The number of nitrogens with two attached hydrogens (primary N) is 3. The van der Waals surface area contributed by atoms with E-state index in [0.717, 1.165) is 24.2 Å². The summed E-state index contributed by atoms with van der Waals surface area (Å²) < 4.78 is 0. The van der Waals surface area contributed by atoms with Gasteiger partial charge in [-0.05, 0) is 52.6 Å². The van der Waals surface area contributed by atoms with Crippen LogP contribution in [0.3, 0.4) is 0 Å². The molecule has 0 unspecified atom stereocenters. The number of primary amides is 1. The van der Waals surface area contributed by atoms with Crippen LogP contribution in [0.4, 0.5) is 0 Å². The zero-order valence-electron chi connectivity index (χ0n) is 25.7. The van der Waals surface area contributed by atoms with Crippen LogP contribution in [0.25, 0.3) is 0 Å². The van der Waals surface area contributed by atoms with Gasteiger partial charge in [-0.25, -0.2) is 0 Å². The summed E-state index contributed by atoms with van der Waals surface area (Å²) in [6.45, 7) is 4.12. The second kappa shape index (κ2) is 24.1. The molecule has 0 spiro atoms. The smallest absolute Gasteiger partial charge is 0.252 e. The van der Waals surface area contributed by atoms with Crippen LogP contribution in [-0.4, -0.2) is 79.2 Å². The van der Waals surface area contributed by atoms with Gasteiger partial charge in [0, 0.05) is 13.0 Å². The highest BCUT2D eigenvalue weighted by Crippen LogP contribution is 2.15. The maximum atomic E-state index is 13.7. The molecule has 41 heavy (non-hydrogen) atoms. The number of likely N-dealkylation sites (N-methyl/N-ethyl adjacent to an activating group) is 1. The Kier molecular flexibility index (Phi) is 22.6. The van der Waals surface area contributed by atoms with Gasteiger partial charge in [-0.3, -0.25) is 28.9 Å². The summed E-state index contributed by atoms with van der Waals surface area (Å²) in [5.41, 5.74) is 16.6. The molecule has 0 saturated carbocycles. The number of unbranched alkanes of at least 4 members (excludes halogenated alkanes) is 10. The molecule has 0 fully saturated rings. The first kappa shape index (κ1) is 38.4. The summed E-state index contributed by atoms with van der Waals surface area (Å²) in [6.07, 6.45) is 12.6. The lowest BCUT2D eigenvalue weighted by molar-refractivity contribution is -0.153. The molecule has 0 bridgehead atoms. The van der Waals surface area contributed by atoms with Gasteiger partial charge in [-0.1, -0.05) is 64.7 Å². The van der Waals surface area contributed by atoms with Crippen LogP contribution >= 0.6 is 0 Å². The van der Waals surface area contributed by atoms with E-state index in [1.165, 1.54) is 44.9 Å². The average molecular weight is 584 g/mol. The quantitative estimate of drug-likeness (QED) is 0.0860. The molecule has 5 amide bonds. The van der Waals surface area contributed by atoms with Crippen LogP contribution < -0.4 is 33.2 Å². The summed E-state index contributed by atoms with van der Waals surface area (Å²) >= 11 is 0. The van der Waals surface area contributed by atoms with Crippen molar-refractivity contribution in [2.75, 3.05) is 26.7 Å². The van der Waals surface area contributed by atoms with E-state index in [2.05, 4.69) is 22.9 Å².